The Hall–Kier alpha value is -2.24. The summed E-state index contributed by atoms with van der Waals surface area (Å²) in [7, 11) is 0. The second-order valence-corrected chi connectivity index (χ2v) is 5.94. The van der Waals surface area contributed by atoms with E-state index in [0.717, 1.165) is 0 Å². The predicted molar refractivity (Wildman–Crippen MR) is 101 cm³/mol. The van der Waals surface area contributed by atoms with Crippen LogP contribution in [0, 0.1) is 0 Å². The maximum atomic E-state index is 12.4. The molecular weight excluding hydrogens is 363 g/mol. The summed E-state index contributed by atoms with van der Waals surface area (Å²) in [6.07, 6.45) is 0. The maximum absolute atomic E-state index is 12.4. The normalized spacial score (nSPS) is 10.2. The fourth-order valence-electron chi connectivity index (χ4n) is 2.25. The van der Waals surface area contributed by atoms with Crippen molar-refractivity contribution in [2.24, 2.45) is 0 Å². The third kappa shape index (κ3) is 4.87. The molecule has 0 aliphatic heterocycles. The van der Waals surface area contributed by atoms with Crippen molar-refractivity contribution in [1.29, 1.82) is 0 Å². The molecule has 2 amide bonds. The van der Waals surface area contributed by atoms with Gasteiger partial charge in [0.25, 0.3) is 0 Å². The predicted octanol–water partition coefficient (Wildman–Crippen LogP) is 4.38. The summed E-state index contributed by atoms with van der Waals surface area (Å²) in [5.74, 6) is -0.135. The highest BCUT2D eigenvalue weighted by Gasteiger charge is 2.20. The molecule has 0 radical (unpaired) electrons. The van der Waals surface area contributed by atoms with Gasteiger partial charge in [0, 0.05) is 6.92 Å². The van der Waals surface area contributed by atoms with Crippen LogP contribution in [0.1, 0.15) is 13.8 Å². The summed E-state index contributed by atoms with van der Waals surface area (Å²) in [4.78, 5) is 25.7. The number of nitrogens with zero attached hydrogens (tertiary/aromatic N) is 1. The van der Waals surface area contributed by atoms with E-state index in [4.69, 9.17) is 27.9 Å². The van der Waals surface area contributed by atoms with Crippen molar-refractivity contribution < 1.29 is 14.3 Å². The molecule has 0 fully saturated rings. The minimum absolute atomic E-state index is 0.199. The lowest BCUT2D eigenvalue weighted by molar-refractivity contribution is -0.120. The van der Waals surface area contributed by atoms with Crippen molar-refractivity contribution in [3.63, 3.8) is 0 Å². The van der Waals surface area contributed by atoms with Crippen molar-refractivity contribution in [1.82, 2.24) is 0 Å². The monoisotopic (exact) mass is 380 g/mol. The zero-order valence-electron chi connectivity index (χ0n) is 13.9. The molecule has 0 aromatic heterocycles. The first-order valence-corrected chi connectivity index (χ1v) is 8.43. The van der Waals surface area contributed by atoms with Gasteiger partial charge in [-0.2, -0.15) is 0 Å². The van der Waals surface area contributed by atoms with E-state index in [0.29, 0.717) is 28.8 Å². The topological polar surface area (TPSA) is 58.6 Å². The molecule has 132 valence electrons. The zero-order valence-corrected chi connectivity index (χ0v) is 15.4. The largest absolute Gasteiger partial charge is 0.492 e. The Morgan fingerprint density at radius 2 is 1.84 bits per heavy atom. The van der Waals surface area contributed by atoms with Crippen LogP contribution in [0.4, 0.5) is 11.4 Å². The highest BCUT2D eigenvalue weighted by molar-refractivity contribution is 6.44. The lowest BCUT2D eigenvalue weighted by Gasteiger charge is -2.22. The lowest BCUT2D eigenvalue weighted by atomic mass is 10.2. The van der Waals surface area contributed by atoms with Gasteiger partial charge in [0.1, 0.15) is 12.3 Å². The molecule has 0 unspecified atom stereocenters. The van der Waals surface area contributed by atoms with Crippen molar-refractivity contribution >= 4 is 46.4 Å². The Morgan fingerprint density at radius 1 is 1.12 bits per heavy atom. The Balaban J connectivity index is 2.19. The van der Waals surface area contributed by atoms with Gasteiger partial charge in [-0.3, -0.25) is 9.59 Å². The summed E-state index contributed by atoms with van der Waals surface area (Å²) in [5, 5.41) is 3.29. The molecule has 7 heteroatoms. The van der Waals surface area contributed by atoms with Crippen LogP contribution in [0.5, 0.6) is 5.75 Å². The number of amides is 2. The number of carbonyl (C=O) groups excluding carboxylic acids is 2. The van der Waals surface area contributed by atoms with E-state index in [-0.39, 0.29) is 23.4 Å². The van der Waals surface area contributed by atoms with E-state index >= 15 is 0 Å². The number of benzene rings is 2. The first-order chi connectivity index (χ1) is 11.9. The molecular formula is C18H18Cl2N2O3. The molecule has 2 aromatic rings. The van der Waals surface area contributed by atoms with Gasteiger partial charge in [0.05, 0.1) is 28.0 Å². The van der Waals surface area contributed by atoms with Crippen LogP contribution in [-0.2, 0) is 9.59 Å². The molecule has 0 spiro atoms. The van der Waals surface area contributed by atoms with Crippen LogP contribution >= 0.6 is 23.2 Å². The molecule has 0 saturated carbocycles. The highest BCUT2D eigenvalue weighted by atomic mass is 35.5. The van der Waals surface area contributed by atoms with Crippen LogP contribution in [0.15, 0.2) is 42.5 Å². The second-order valence-electron chi connectivity index (χ2n) is 5.16. The molecule has 2 aromatic carbocycles. The minimum atomic E-state index is -0.376. The Labute approximate surface area is 156 Å². The van der Waals surface area contributed by atoms with Crippen molar-refractivity contribution in [3.8, 4) is 5.75 Å². The number of para-hydroxylation sites is 2. The molecule has 0 heterocycles. The minimum Gasteiger partial charge on any atom is -0.492 e. The molecule has 25 heavy (non-hydrogen) atoms. The van der Waals surface area contributed by atoms with Crippen LogP contribution < -0.4 is 15.0 Å². The Morgan fingerprint density at radius 3 is 2.52 bits per heavy atom. The molecule has 1 N–H and O–H groups in total. The fraction of sp³-hybridized carbons (Fsp3) is 0.222. The number of halogens is 2. The number of rotatable bonds is 6. The van der Waals surface area contributed by atoms with Gasteiger partial charge in [-0.25, -0.2) is 0 Å². The summed E-state index contributed by atoms with van der Waals surface area (Å²) in [6, 6.07) is 12.0. The quantitative estimate of drug-likeness (QED) is 0.808. The molecule has 0 atom stereocenters. The van der Waals surface area contributed by atoms with Gasteiger partial charge in [-0.15, -0.1) is 0 Å². The SMILES string of the molecule is CCOc1ccccc1NC(=O)CN(C(C)=O)c1cccc(Cl)c1Cl. The average Bonchev–Trinajstić information content (AvgIpc) is 2.57. The third-order valence-electron chi connectivity index (χ3n) is 3.36. The van der Waals surface area contributed by atoms with Gasteiger partial charge >= 0.3 is 0 Å². The van der Waals surface area contributed by atoms with Gasteiger partial charge in [-0.05, 0) is 31.2 Å². The Kier molecular flexibility index (Phi) is 6.67. The van der Waals surface area contributed by atoms with E-state index < -0.39 is 0 Å². The number of ether oxygens (including phenoxy) is 1. The highest BCUT2D eigenvalue weighted by Crippen LogP contribution is 2.32. The van der Waals surface area contributed by atoms with Crippen molar-refractivity contribution in [2.75, 3.05) is 23.4 Å². The first kappa shape index (κ1) is 19.1. The average molecular weight is 381 g/mol. The van der Waals surface area contributed by atoms with E-state index in [1.807, 2.05) is 13.0 Å². The van der Waals surface area contributed by atoms with Crippen molar-refractivity contribution in [2.45, 2.75) is 13.8 Å². The van der Waals surface area contributed by atoms with Gasteiger partial charge in [-0.1, -0.05) is 41.4 Å². The number of anilines is 2. The number of carbonyl (C=O) groups is 2. The van der Waals surface area contributed by atoms with Gasteiger partial charge in [0.15, 0.2) is 0 Å². The van der Waals surface area contributed by atoms with Crippen LogP contribution in [0.25, 0.3) is 0 Å². The Bertz CT molecular complexity index is 781. The summed E-state index contributed by atoms with van der Waals surface area (Å²) < 4.78 is 5.48. The van der Waals surface area contributed by atoms with Gasteiger partial charge in [0.2, 0.25) is 11.8 Å². The maximum Gasteiger partial charge on any atom is 0.244 e. The van der Waals surface area contributed by atoms with E-state index in [1.54, 1.807) is 36.4 Å². The molecule has 0 aliphatic rings. The van der Waals surface area contributed by atoms with Crippen LogP contribution in [0.2, 0.25) is 10.0 Å². The van der Waals surface area contributed by atoms with Crippen molar-refractivity contribution in [3.05, 3.63) is 52.5 Å². The summed E-state index contributed by atoms with van der Waals surface area (Å²) in [5.41, 5.74) is 0.921. The van der Waals surface area contributed by atoms with Gasteiger partial charge < -0.3 is 15.0 Å². The standard InChI is InChI=1S/C18H18Cl2N2O3/c1-3-25-16-10-5-4-8-14(16)21-17(24)11-22(12(2)23)15-9-6-7-13(19)18(15)20/h4-10H,3,11H2,1-2H3,(H,21,24). The van der Waals surface area contributed by atoms with Crippen LogP contribution in [-0.4, -0.2) is 25.0 Å². The van der Waals surface area contributed by atoms with Crippen LogP contribution in [0.3, 0.4) is 0 Å². The molecule has 0 aliphatic carbocycles. The van der Waals surface area contributed by atoms with E-state index in [1.165, 1.54) is 11.8 Å². The van der Waals surface area contributed by atoms with E-state index in [9.17, 15) is 9.59 Å². The smallest absolute Gasteiger partial charge is 0.244 e. The third-order valence-corrected chi connectivity index (χ3v) is 4.17. The molecule has 2 rings (SSSR count). The lowest BCUT2D eigenvalue weighted by Crippen LogP contribution is -2.37. The number of nitrogens with one attached hydrogen (secondary N) is 1. The molecule has 5 nitrogen and oxygen atoms in total. The van der Waals surface area contributed by atoms with E-state index in [2.05, 4.69) is 5.32 Å². The number of hydrogen-bond acceptors (Lipinski definition) is 3. The summed E-state index contributed by atoms with van der Waals surface area (Å²) >= 11 is 12.2. The fourth-order valence-corrected chi connectivity index (χ4v) is 2.65. The molecule has 0 saturated heterocycles. The second kappa shape index (κ2) is 8.74. The number of hydrogen-bond donors (Lipinski definition) is 1. The molecule has 0 bridgehead atoms. The zero-order chi connectivity index (χ0) is 18.4. The first-order valence-electron chi connectivity index (χ1n) is 7.67. The summed E-state index contributed by atoms with van der Waals surface area (Å²) in [6.45, 7) is 3.50.